The molecule has 0 radical (unpaired) electrons. The summed E-state index contributed by atoms with van der Waals surface area (Å²) >= 11 is 0. The van der Waals surface area contributed by atoms with E-state index in [4.69, 9.17) is 19.9 Å². The Morgan fingerprint density at radius 3 is 2.12 bits per heavy atom. The summed E-state index contributed by atoms with van der Waals surface area (Å²) in [4.78, 5) is 20.6. The van der Waals surface area contributed by atoms with Crippen LogP contribution in [0.3, 0.4) is 0 Å². The number of para-hydroxylation sites is 1. The Kier molecular flexibility index (Phi) is 6.65. The Hall–Kier alpha value is -6.52. The molecular formula is C47H32N4. The highest BCUT2D eigenvalue weighted by Gasteiger charge is 2.42. The topological polar surface area (TPSA) is 51.6 Å². The molecule has 2 atom stereocenters. The van der Waals surface area contributed by atoms with Gasteiger partial charge in [-0.1, -0.05) is 146 Å². The highest BCUT2D eigenvalue weighted by molar-refractivity contribution is 6.13. The van der Waals surface area contributed by atoms with Crippen molar-refractivity contribution < 1.29 is 0 Å². The van der Waals surface area contributed by atoms with Crippen molar-refractivity contribution in [1.29, 1.82) is 0 Å². The van der Waals surface area contributed by atoms with E-state index in [0.29, 0.717) is 17.5 Å². The van der Waals surface area contributed by atoms with Crippen LogP contribution in [-0.4, -0.2) is 19.9 Å². The van der Waals surface area contributed by atoms with Gasteiger partial charge in [-0.25, -0.2) is 15.0 Å². The normalized spacial score (nSPS) is 17.7. The number of nitrogens with zero attached hydrogens (tertiary/aromatic N) is 4. The quantitative estimate of drug-likeness (QED) is 0.178. The van der Waals surface area contributed by atoms with Crippen molar-refractivity contribution in [1.82, 2.24) is 19.9 Å². The summed E-state index contributed by atoms with van der Waals surface area (Å²) < 4.78 is 0. The lowest BCUT2D eigenvalue weighted by atomic mass is 9.62. The van der Waals surface area contributed by atoms with Crippen molar-refractivity contribution in [2.45, 2.75) is 12.8 Å². The molecule has 2 aromatic heterocycles. The van der Waals surface area contributed by atoms with Crippen LogP contribution >= 0.6 is 0 Å². The standard InChI is InChI=1S/C47H32N4/c1-47-25-11-10-19-41(47)37-16-6-3-13-33(37)28-42(47)46-50-44(31-23-21-30(22-24-31)35-26-34-14-4-9-20-43(34)48-29-35)49-45(51-46)40-27-32-12-2-5-15-36(32)38-17-7-8-18-39(38)40/h2-29,41H,1H3/t41?,47-/m1/s1. The number of allylic oxidation sites excluding steroid dienone is 5. The second kappa shape index (κ2) is 11.5. The zero-order valence-corrected chi connectivity index (χ0v) is 28.0. The molecule has 0 saturated carbocycles. The Morgan fingerprint density at radius 2 is 1.24 bits per heavy atom. The van der Waals surface area contributed by atoms with E-state index >= 15 is 0 Å². The van der Waals surface area contributed by atoms with Gasteiger partial charge in [0.05, 0.1) is 5.52 Å². The first-order valence-electron chi connectivity index (χ1n) is 17.4. The van der Waals surface area contributed by atoms with Crippen LogP contribution in [0, 0.1) is 5.41 Å². The molecule has 4 heteroatoms. The van der Waals surface area contributed by atoms with Crippen LogP contribution in [0.25, 0.3) is 78.0 Å². The number of benzene rings is 6. The van der Waals surface area contributed by atoms with Crippen LogP contribution in [-0.2, 0) is 0 Å². The summed E-state index contributed by atoms with van der Waals surface area (Å²) in [5.41, 5.74) is 8.34. The first-order chi connectivity index (χ1) is 25.1. The summed E-state index contributed by atoms with van der Waals surface area (Å²) in [7, 11) is 0. The number of hydrogen-bond acceptors (Lipinski definition) is 4. The van der Waals surface area contributed by atoms with Gasteiger partial charge in [0.25, 0.3) is 0 Å². The van der Waals surface area contributed by atoms with Crippen molar-refractivity contribution >= 4 is 44.1 Å². The van der Waals surface area contributed by atoms with E-state index in [0.717, 1.165) is 49.5 Å². The molecule has 0 amide bonds. The molecule has 6 aromatic carbocycles. The second-order valence-corrected chi connectivity index (χ2v) is 13.7. The van der Waals surface area contributed by atoms with Crippen LogP contribution in [0.2, 0.25) is 0 Å². The van der Waals surface area contributed by atoms with E-state index in [1.807, 2.05) is 24.4 Å². The van der Waals surface area contributed by atoms with Gasteiger partial charge < -0.3 is 0 Å². The van der Waals surface area contributed by atoms with Crippen molar-refractivity contribution in [3.63, 3.8) is 0 Å². The van der Waals surface area contributed by atoms with Crippen molar-refractivity contribution in [3.8, 4) is 33.9 Å². The van der Waals surface area contributed by atoms with E-state index < -0.39 is 0 Å². The predicted molar refractivity (Wildman–Crippen MR) is 210 cm³/mol. The van der Waals surface area contributed by atoms with Crippen LogP contribution in [0.1, 0.15) is 29.8 Å². The second-order valence-electron chi connectivity index (χ2n) is 13.7. The zero-order valence-electron chi connectivity index (χ0n) is 28.0. The fourth-order valence-electron chi connectivity index (χ4n) is 7.99. The van der Waals surface area contributed by atoms with E-state index in [2.05, 4.69) is 153 Å². The Bertz CT molecular complexity index is 2770. The van der Waals surface area contributed by atoms with Gasteiger partial charge in [-0.2, -0.15) is 0 Å². The van der Waals surface area contributed by atoms with Gasteiger partial charge in [-0.15, -0.1) is 0 Å². The van der Waals surface area contributed by atoms with Gasteiger partial charge in [0, 0.05) is 45.2 Å². The molecule has 4 nitrogen and oxygen atoms in total. The molecule has 0 N–H and O–H groups in total. The van der Waals surface area contributed by atoms with Crippen LogP contribution in [0.5, 0.6) is 0 Å². The molecule has 0 spiro atoms. The molecule has 2 aliphatic carbocycles. The van der Waals surface area contributed by atoms with E-state index in [1.165, 1.54) is 21.9 Å². The molecule has 1 unspecified atom stereocenters. The van der Waals surface area contributed by atoms with Gasteiger partial charge in [0.1, 0.15) is 0 Å². The van der Waals surface area contributed by atoms with Gasteiger partial charge in [-0.3, -0.25) is 4.98 Å². The SMILES string of the molecule is C[C@@]12C=CC=CC1c1ccccc1C=C2c1nc(-c2ccc(-c3cnc4ccccc4c3)cc2)nc(-c2cc3ccccc3c3ccccc23)n1. The average molecular weight is 653 g/mol. The van der Waals surface area contributed by atoms with Gasteiger partial charge in [0.2, 0.25) is 0 Å². The summed E-state index contributed by atoms with van der Waals surface area (Å²) in [6.07, 6.45) is 13.2. The van der Waals surface area contributed by atoms with Gasteiger partial charge in [0.15, 0.2) is 17.5 Å². The monoisotopic (exact) mass is 652 g/mol. The molecule has 51 heavy (non-hydrogen) atoms. The maximum atomic E-state index is 5.36. The lowest BCUT2D eigenvalue weighted by molar-refractivity contribution is 0.495. The summed E-state index contributed by atoms with van der Waals surface area (Å²) in [5.74, 6) is 2.16. The molecule has 10 rings (SSSR count). The van der Waals surface area contributed by atoms with Crippen molar-refractivity contribution in [2.24, 2.45) is 5.41 Å². The van der Waals surface area contributed by atoms with Crippen molar-refractivity contribution in [3.05, 3.63) is 181 Å². The largest absolute Gasteiger partial charge is 0.256 e. The third-order valence-electron chi connectivity index (χ3n) is 10.7. The molecule has 2 aliphatic rings. The average Bonchev–Trinajstić information content (AvgIpc) is 3.19. The third-order valence-corrected chi connectivity index (χ3v) is 10.7. The highest BCUT2D eigenvalue weighted by Crippen LogP contribution is 2.54. The Balaban J connectivity index is 1.19. The highest BCUT2D eigenvalue weighted by atomic mass is 15.0. The van der Waals surface area contributed by atoms with Crippen molar-refractivity contribution in [2.75, 3.05) is 0 Å². The molecule has 0 aliphatic heterocycles. The minimum atomic E-state index is -0.336. The van der Waals surface area contributed by atoms with Gasteiger partial charge in [-0.05, 0) is 62.5 Å². The number of rotatable bonds is 4. The van der Waals surface area contributed by atoms with Crippen LogP contribution in [0.4, 0.5) is 0 Å². The maximum absolute atomic E-state index is 5.36. The molecule has 2 heterocycles. The molecule has 0 saturated heterocycles. The zero-order chi connectivity index (χ0) is 33.9. The fourth-order valence-corrected chi connectivity index (χ4v) is 7.99. The number of hydrogen-bond donors (Lipinski definition) is 0. The maximum Gasteiger partial charge on any atom is 0.164 e. The molecule has 0 fully saturated rings. The Labute approximate surface area is 296 Å². The smallest absolute Gasteiger partial charge is 0.164 e. The van der Waals surface area contributed by atoms with E-state index in [9.17, 15) is 0 Å². The number of aromatic nitrogens is 4. The fraction of sp³-hybridized carbons (Fsp3) is 0.0638. The molecule has 0 bridgehead atoms. The summed E-state index contributed by atoms with van der Waals surface area (Å²) in [6.45, 7) is 2.31. The first kappa shape index (κ1) is 29.4. The number of pyridine rings is 1. The molecular weight excluding hydrogens is 621 g/mol. The number of fused-ring (bicyclic) bond motifs is 7. The first-order valence-corrected chi connectivity index (χ1v) is 17.4. The molecule has 240 valence electrons. The van der Waals surface area contributed by atoms with Crippen LogP contribution in [0.15, 0.2) is 164 Å². The summed E-state index contributed by atoms with van der Waals surface area (Å²) in [5, 5.41) is 5.79. The lowest BCUT2D eigenvalue weighted by Gasteiger charge is -2.41. The minimum Gasteiger partial charge on any atom is -0.256 e. The van der Waals surface area contributed by atoms with E-state index in [-0.39, 0.29) is 11.3 Å². The van der Waals surface area contributed by atoms with Gasteiger partial charge >= 0.3 is 0 Å². The minimum absolute atomic E-state index is 0.165. The molecule has 8 aromatic rings. The third kappa shape index (κ3) is 4.83. The summed E-state index contributed by atoms with van der Waals surface area (Å²) in [6, 6.07) is 46.9. The van der Waals surface area contributed by atoms with E-state index in [1.54, 1.807) is 0 Å². The lowest BCUT2D eigenvalue weighted by Crippen LogP contribution is -2.29. The predicted octanol–water partition coefficient (Wildman–Crippen LogP) is 11.5. The Morgan fingerprint density at radius 1 is 0.549 bits per heavy atom. The van der Waals surface area contributed by atoms with Crippen LogP contribution < -0.4 is 0 Å².